The molecule has 2 saturated carbocycles. The smallest absolute Gasteiger partial charge is 0.199 e. The molecule has 88 valence electrons. The zero-order valence-corrected chi connectivity index (χ0v) is 9.50. The summed E-state index contributed by atoms with van der Waals surface area (Å²) in [5, 5.41) is 14.9. The number of nitrogens with zero attached hydrogens (tertiary/aromatic N) is 5. The van der Waals surface area contributed by atoms with Crippen molar-refractivity contribution in [2.75, 3.05) is 11.9 Å². The lowest BCUT2D eigenvalue weighted by atomic mass is 10.0. The first-order valence-electron chi connectivity index (χ1n) is 6.13. The molecule has 0 spiro atoms. The van der Waals surface area contributed by atoms with E-state index in [9.17, 15) is 0 Å². The van der Waals surface area contributed by atoms with Gasteiger partial charge in [-0.05, 0) is 47.4 Å². The molecule has 2 aromatic rings. The normalized spacial score (nSPS) is 21.6. The van der Waals surface area contributed by atoms with Gasteiger partial charge in [0.2, 0.25) is 0 Å². The maximum atomic E-state index is 4.14. The number of tetrazole rings is 1. The molecule has 0 saturated heterocycles. The van der Waals surface area contributed by atoms with Gasteiger partial charge in [-0.3, -0.25) is 4.98 Å². The van der Waals surface area contributed by atoms with Crippen molar-refractivity contribution in [2.24, 2.45) is 11.3 Å². The molecule has 0 unspecified atom stereocenters. The molecule has 2 aromatic heterocycles. The van der Waals surface area contributed by atoms with E-state index < -0.39 is 0 Å². The van der Waals surface area contributed by atoms with Crippen LogP contribution in [0.5, 0.6) is 0 Å². The molecule has 1 N–H and O–H groups in total. The van der Waals surface area contributed by atoms with E-state index in [0.717, 1.165) is 18.3 Å². The first-order valence-corrected chi connectivity index (χ1v) is 6.13. The third kappa shape index (κ3) is 1.47. The Hall–Kier alpha value is -1.72. The van der Waals surface area contributed by atoms with Crippen LogP contribution in [0, 0.1) is 11.3 Å². The molecule has 17 heavy (non-hydrogen) atoms. The molecule has 0 aromatic carbocycles. The van der Waals surface area contributed by atoms with E-state index in [1.165, 1.54) is 25.7 Å². The quantitative estimate of drug-likeness (QED) is 0.852. The van der Waals surface area contributed by atoms with Gasteiger partial charge in [-0.15, -0.1) is 5.10 Å². The highest BCUT2D eigenvalue weighted by Gasteiger charge is 2.53. The summed E-state index contributed by atoms with van der Waals surface area (Å²) in [4.78, 5) is 4.14. The molecule has 0 bridgehead atoms. The lowest BCUT2D eigenvalue weighted by molar-refractivity contribution is 0.465. The third-order valence-electron chi connectivity index (χ3n) is 4.07. The van der Waals surface area contributed by atoms with Crippen molar-refractivity contribution in [3.8, 4) is 0 Å². The summed E-state index contributed by atoms with van der Waals surface area (Å²) in [6.45, 7) is 1.03. The lowest BCUT2D eigenvalue weighted by Crippen LogP contribution is -2.19. The van der Waals surface area contributed by atoms with Gasteiger partial charge in [-0.25, -0.2) is 0 Å². The van der Waals surface area contributed by atoms with Crippen molar-refractivity contribution >= 4 is 11.5 Å². The van der Waals surface area contributed by atoms with Crippen LogP contribution in [0.4, 0.5) is 5.82 Å². The van der Waals surface area contributed by atoms with Crippen molar-refractivity contribution < 1.29 is 0 Å². The molecule has 4 rings (SSSR count). The fraction of sp³-hybridized carbons (Fsp3) is 0.636. The highest BCUT2D eigenvalue weighted by molar-refractivity contribution is 5.44. The Labute approximate surface area is 98.4 Å². The summed E-state index contributed by atoms with van der Waals surface area (Å²) in [5.41, 5.74) is 1.25. The number of hydrogen-bond acceptors (Lipinski definition) is 5. The minimum Gasteiger partial charge on any atom is -0.368 e. The summed E-state index contributed by atoms with van der Waals surface area (Å²) in [6, 6.07) is 0. The van der Waals surface area contributed by atoms with Crippen molar-refractivity contribution in [1.29, 1.82) is 0 Å². The molecule has 0 amide bonds. The molecule has 0 atom stereocenters. The molecule has 2 fully saturated rings. The largest absolute Gasteiger partial charge is 0.368 e. The van der Waals surface area contributed by atoms with Gasteiger partial charge in [0.1, 0.15) is 5.82 Å². The average molecular weight is 230 g/mol. The highest BCUT2D eigenvalue weighted by atomic mass is 15.5. The van der Waals surface area contributed by atoms with Crippen molar-refractivity contribution in [3.05, 3.63) is 12.4 Å². The van der Waals surface area contributed by atoms with Crippen LogP contribution in [0.15, 0.2) is 12.4 Å². The van der Waals surface area contributed by atoms with E-state index in [0.29, 0.717) is 11.1 Å². The van der Waals surface area contributed by atoms with Crippen molar-refractivity contribution in [3.63, 3.8) is 0 Å². The second-order valence-corrected chi connectivity index (χ2v) is 5.23. The molecular weight excluding hydrogens is 216 g/mol. The Kier molecular flexibility index (Phi) is 1.73. The molecular formula is C11H14N6. The van der Waals surface area contributed by atoms with Crippen LogP contribution in [0.25, 0.3) is 5.65 Å². The predicted molar refractivity (Wildman–Crippen MR) is 61.5 cm³/mol. The van der Waals surface area contributed by atoms with E-state index in [2.05, 4.69) is 25.8 Å². The maximum absolute atomic E-state index is 4.14. The van der Waals surface area contributed by atoms with Crippen LogP contribution >= 0.6 is 0 Å². The fourth-order valence-corrected chi connectivity index (χ4v) is 2.65. The number of hydrogen-bond donors (Lipinski definition) is 1. The predicted octanol–water partition coefficient (Wildman–Crippen LogP) is 1.12. The Morgan fingerprint density at radius 3 is 3.00 bits per heavy atom. The second kappa shape index (κ2) is 3.15. The summed E-state index contributed by atoms with van der Waals surface area (Å²) in [5.74, 6) is 1.84. The Morgan fingerprint density at radius 1 is 1.35 bits per heavy atom. The van der Waals surface area contributed by atoms with Gasteiger partial charge in [0, 0.05) is 6.54 Å². The summed E-state index contributed by atoms with van der Waals surface area (Å²) in [7, 11) is 0. The Morgan fingerprint density at radius 2 is 2.24 bits per heavy atom. The minimum absolute atomic E-state index is 0.566. The SMILES string of the molecule is c1ncc2nnnn2c1NCC1(C2CC2)CC1. The number of nitrogens with one attached hydrogen (secondary N) is 1. The Balaban J connectivity index is 1.56. The van der Waals surface area contributed by atoms with Crippen LogP contribution < -0.4 is 5.32 Å². The molecule has 2 aliphatic rings. The van der Waals surface area contributed by atoms with Gasteiger partial charge < -0.3 is 5.32 Å². The molecule has 2 heterocycles. The van der Waals surface area contributed by atoms with Crippen LogP contribution in [-0.4, -0.2) is 31.6 Å². The number of fused-ring (bicyclic) bond motifs is 1. The van der Waals surface area contributed by atoms with E-state index in [-0.39, 0.29) is 0 Å². The van der Waals surface area contributed by atoms with Crippen molar-refractivity contribution in [1.82, 2.24) is 25.0 Å². The molecule has 6 nitrogen and oxygen atoms in total. The highest BCUT2D eigenvalue weighted by Crippen LogP contribution is 2.61. The summed E-state index contributed by atoms with van der Waals surface area (Å²) >= 11 is 0. The molecule has 0 aliphatic heterocycles. The van der Waals surface area contributed by atoms with Crippen molar-refractivity contribution in [2.45, 2.75) is 25.7 Å². The minimum atomic E-state index is 0.566. The first kappa shape index (κ1) is 9.32. The van der Waals surface area contributed by atoms with Gasteiger partial charge in [-0.1, -0.05) is 0 Å². The van der Waals surface area contributed by atoms with Gasteiger partial charge in [0.05, 0.1) is 12.4 Å². The topological polar surface area (TPSA) is 68.0 Å². The number of rotatable bonds is 4. The number of aromatic nitrogens is 5. The van der Waals surface area contributed by atoms with Crippen LogP contribution in [0.2, 0.25) is 0 Å². The maximum Gasteiger partial charge on any atom is 0.199 e. The lowest BCUT2D eigenvalue weighted by Gasteiger charge is -2.15. The summed E-state index contributed by atoms with van der Waals surface area (Å²) in [6.07, 6.45) is 9.00. The van der Waals surface area contributed by atoms with E-state index in [1.54, 1.807) is 16.9 Å². The monoisotopic (exact) mass is 230 g/mol. The fourth-order valence-electron chi connectivity index (χ4n) is 2.65. The zero-order valence-electron chi connectivity index (χ0n) is 9.50. The van der Waals surface area contributed by atoms with Gasteiger partial charge in [-0.2, -0.15) is 4.52 Å². The molecule has 6 heteroatoms. The Bertz CT molecular complexity index is 554. The molecule has 2 aliphatic carbocycles. The average Bonchev–Trinajstić information content (AvgIpc) is 3.24. The zero-order chi connectivity index (χ0) is 11.3. The third-order valence-corrected chi connectivity index (χ3v) is 4.07. The number of anilines is 1. The van der Waals surface area contributed by atoms with Crippen LogP contribution in [-0.2, 0) is 0 Å². The van der Waals surface area contributed by atoms with E-state index >= 15 is 0 Å². The van der Waals surface area contributed by atoms with E-state index in [4.69, 9.17) is 0 Å². The van der Waals surface area contributed by atoms with Crippen LogP contribution in [0.1, 0.15) is 25.7 Å². The van der Waals surface area contributed by atoms with E-state index in [1.807, 2.05) is 0 Å². The molecule has 0 radical (unpaired) electrons. The van der Waals surface area contributed by atoms with Crippen LogP contribution in [0.3, 0.4) is 0 Å². The standard InChI is InChI=1S/C11H14N6/c1-2-8(1)11(3-4-11)7-13-9-5-12-6-10-14-15-16-17(9)10/h5-6,8,13H,1-4,7H2. The van der Waals surface area contributed by atoms with Gasteiger partial charge in [0.15, 0.2) is 5.65 Å². The van der Waals surface area contributed by atoms with Gasteiger partial charge >= 0.3 is 0 Å². The second-order valence-electron chi connectivity index (χ2n) is 5.23. The summed E-state index contributed by atoms with van der Waals surface area (Å²) < 4.78 is 1.70. The van der Waals surface area contributed by atoms with Gasteiger partial charge in [0.25, 0.3) is 0 Å². The first-order chi connectivity index (χ1) is 8.37.